The molecule has 4 bridgehead atoms. The summed E-state index contributed by atoms with van der Waals surface area (Å²) in [6.45, 7) is 3.34. The highest BCUT2D eigenvalue weighted by atomic mass is 16.5. The molecule has 4 aliphatic heterocycles. The highest BCUT2D eigenvalue weighted by Crippen LogP contribution is 2.67. The zero-order valence-corrected chi connectivity index (χ0v) is 29.4. The fourth-order valence-electron chi connectivity index (χ4n) is 12.8. The molecule has 10 heteroatoms. The standard InChI is InChI=1S/C40H46N2O8/c1-45-27-9-7-23-21-29-39(47-3)13-11-25(43)35-37(39,31(23)33(27)49-35)15-19-41(29)17-5-6-18-42-20-16-38-32-24-8-10-28(46-2)34(32)50-36(38)26(44)12-14-40(38,48-4)30(42)22-24/h5-10,29-30,35-36H,11-22H2,1-4H3/b6-5+/t29-,30-,35+,36+,37+,38+,39-,40-/m1/s1. The first-order valence-corrected chi connectivity index (χ1v) is 18.4. The minimum atomic E-state index is -0.532. The van der Waals surface area contributed by atoms with E-state index in [9.17, 15) is 9.59 Å². The Hall–Kier alpha value is -3.44. The molecule has 50 heavy (non-hydrogen) atoms. The van der Waals surface area contributed by atoms with Gasteiger partial charge in [0.15, 0.2) is 46.8 Å². The summed E-state index contributed by atoms with van der Waals surface area (Å²) in [5.41, 5.74) is 2.77. The number of rotatable bonds is 8. The maximum Gasteiger partial charge on any atom is 0.174 e. The third kappa shape index (κ3) is 3.41. The van der Waals surface area contributed by atoms with Crippen LogP contribution in [0.1, 0.15) is 60.8 Å². The molecule has 10 nitrogen and oxygen atoms in total. The van der Waals surface area contributed by atoms with Crippen molar-refractivity contribution in [1.82, 2.24) is 9.80 Å². The number of benzene rings is 2. The van der Waals surface area contributed by atoms with E-state index in [2.05, 4.69) is 34.1 Å². The summed E-state index contributed by atoms with van der Waals surface area (Å²) in [5.74, 6) is 3.23. The molecule has 2 aromatic rings. The molecule has 0 N–H and O–H groups in total. The third-order valence-corrected chi connectivity index (χ3v) is 14.6. The highest BCUT2D eigenvalue weighted by Gasteiger charge is 2.75. The van der Waals surface area contributed by atoms with Gasteiger partial charge >= 0.3 is 0 Å². The number of methoxy groups -OCH3 is 4. The summed E-state index contributed by atoms with van der Waals surface area (Å²) in [4.78, 5) is 32.1. The SMILES string of the molecule is COc1ccc2c3c1O[C@H]1C(=O)CC[C@@]4(OC)[C@@H](C2)N(C/C=C/CN2CC[C@]56c7c8ccc(OC)c7O[C@H]5C(=O)CC[C@@]6(OC)[C@H]2C8)CC[C@]314. The van der Waals surface area contributed by atoms with Gasteiger partial charge in [-0.05, 0) is 61.8 Å². The van der Waals surface area contributed by atoms with Crippen LogP contribution in [0.3, 0.4) is 0 Å². The van der Waals surface area contributed by atoms with Crippen LogP contribution < -0.4 is 18.9 Å². The van der Waals surface area contributed by atoms with Crippen LogP contribution in [0, 0.1) is 0 Å². The lowest BCUT2D eigenvalue weighted by atomic mass is 9.48. The quantitative estimate of drug-likeness (QED) is 0.384. The fraction of sp³-hybridized carbons (Fsp3) is 0.600. The molecule has 0 unspecified atom stereocenters. The normalized spacial score (nSPS) is 38.8. The molecule has 264 valence electrons. The molecule has 0 radical (unpaired) electrons. The summed E-state index contributed by atoms with van der Waals surface area (Å²) in [6, 6.07) is 8.58. The number of Topliss-reactive ketones (excluding diaryl/α,β-unsaturated/α-hetero) is 2. The number of carbonyl (C=O) groups is 2. The first-order chi connectivity index (χ1) is 24.3. The number of hydrogen-bond donors (Lipinski definition) is 0. The van der Waals surface area contributed by atoms with Gasteiger partial charge < -0.3 is 28.4 Å². The molecule has 2 spiro atoms. The van der Waals surface area contributed by atoms with Gasteiger partial charge in [0.1, 0.15) is 0 Å². The van der Waals surface area contributed by atoms with Crippen LogP contribution >= 0.6 is 0 Å². The lowest BCUT2D eigenvalue weighted by molar-refractivity contribution is -0.200. The first kappa shape index (κ1) is 31.3. The Bertz CT molecular complexity index is 1730. The van der Waals surface area contributed by atoms with Crippen molar-refractivity contribution in [1.29, 1.82) is 0 Å². The molecule has 10 rings (SSSR count). The van der Waals surface area contributed by atoms with E-state index in [-0.39, 0.29) is 23.7 Å². The van der Waals surface area contributed by atoms with Gasteiger partial charge in [0.2, 0.25) is 0 Å². The van der Waals surface area contributed by atoms with Crippen molar-refractivity contribution >= 4 is 11.6 Å². The second kappa shape index (κ2) is 10.6. The van der Waals surface area contributed by atoms with Gasteiger partial charge in [0, 0.05) is 76.5 Å². The predicted octanol–water partition coefficient (Wildman–Crippen LogP) is 3.71. The van der Waals surface area contributed by atoms with E-state index >= 15 is 0 Å². The number of likely N-dealkylation sites (tertiary alicyclic amines) is 2. The van der Waals surface area contributed by atoms with Crippen LogP contribution in [-0.2, 0) is 42.7 Å². The molecular weight excluding hydrogens is 636 g/mol. The van der Waals surface area contributed by atoms with Gasteiger partial charge in [-0.1, -0.05) is 24.3 Å². The van der Waals surface area contributed by atoms with E-state index in [1.165, 1.54) is 11.1 Å². The molecule has 8 aliphatic rings. The summed E-state index contributed by atoms with van der Waals surface area (Å²) < 4.78 is 37.8. The molecule has 4 aliphatic carbocycles. The molecule has 4 heterocycles. The summed E-state index contributed by atoms with van der Waals surface area (Å²) in [5, 5.41) is 0. The first-order valence-electron chi connectivity index (χ1n) is 18.4. The molecule has 8 atom stereocenters. The Morgan fingerprint density at radius 1 is 0.680 bits per heavy atom. The minimum Gasteiger partial charge on any atom is -0.493 e. The lowest BCUT2D eigenvalue weighted by Crippen LogP contribution is -2.77. The molecule has 2 aromatic carbocycles. The molecule has 2 saturated heterocycles. The van der Waals surface area contributed by atoms with Gasteiger partial charge in [-0.2, -0.15) is 0 Å². The minimum absolute atomic E-state index is 0.128. The van der Waals surface area contributed by atoms with Crippen molar-refractivity contribution in [3.05, 3.63) is 58.7 Å². The second-order valence-electron chi connectivity index (χ2n) is 15.7. The van der Waals surface area contributed by atoms with Crippen LogP contribution in [0.15, 0.2) is 36.4 Å². The Kier molecular flexibility index (Phi) is 6.61. The molecule has 2 saturated carbocycles. The van der Waals surface area contributed by atoms with Crippen molar-refractivity contribution in [2.75, 3.05) is 54.6 Å². The number of hydrogen-bond acceptors (Lipinski definition) is 10. The average Bonchev–Trinajstić information content (AvgIpc) is 3.68. The van der Waals surface area contributed by atoms with E-state index < -0.39 is 34.2 Å². The Morgan fingerprint density at radius 2 is 1.12 bits per heavy atom. The van der Waals surface area contributed by atoms with E-state index in [4.69, 9.17) is 28.4 Å². The van der Waals surface area contributed by atoms with Crippen molar-refractivity contribution in [2.24, 2.45) is 0 Å². The van der Waals surface area contributed by atoms with E-state index in [0.717, 1.165) is 74.5 Å². The van der Waals surface area contributed by atoms with E-state index in [1.807, 2.05) is 26.4 Å². The largest absolute Gasteiger partial charge is 0.493 e. The number of nitrogens with zero attached hydrogens (tertiary/aromatic N) is 2. The average molecular weight is 683 g/mol. The van der Waals surface area contributed by atoms with Crippen LogP contribution in [0.25, 0.3) is 0 Å². The lowest BCUT2D eigenvalue weighted by Gasteiger charge is -2.64. The Labute approximate surface area is 292 Å². The predicted molar refractivity (Wildman–Crippen MR) is 183 cm³/mol. The molecule has 4 fully saturated rings. The highest BCUT2D eigenvalue weighted by molar-refractivity contribution is 5.91. The fourth-order valence-corrected chi connectivity index (χ4v) is 12.8. The van der Waals surface area contributed by atoms with Gasteiger partial charge in [-0.25, -0.2) is 0 Å². The number of carbonyl (C=O) groups excluding carboxylic acids is 2. The van der Waals surface area contributed by atoms with Crippen molar-refractivity contribution < 1.29 is 38.0 Å². The van der Waals surface area contributed by atoms with Gasteiger partial charge in [0.05, 0.1) is 36.3 Å². The number of ketones is 2. The van der Waals surface area contributed by atoms with E-state index in [0.29, 0.717) is 37.2 Å². The smallest absolute Gasteiger partial charge is 0.174 e. The van der Waals surface area contributed by atoms with Crippen molar-refractivity contribution in [2.45, 2.75) is 97.7 Å². The molecule has 0 amide bonds. The Morgan fingerprint density at radius 3 is 1.52 bits per heavy atom. The number of ether oxygens (including phenoxy) is 6. The zero-order valence-electron chi connectivity index (χ0n) is 29.4. The van der Waals surface area contributed by atoms with Crippen LogP contribution in [-0.4, -0.2) is 111 Å². The molecular formula is C40H46N2O8. The topological polar surface area (TPSA) is 96.0 Å². The molecule has 0 aromatic heterocycles. The monoisotopic (exact) mass is 682 g/mol. The summed E-state index contributed by atoms with van der Waals surface area (Å²) in [6.07, 6.45) is 9.19. The zero-order chi connectivity index (χ0) is 34.2. The van der Waals surface area contributed by atoms with Crippen LogP contribution in [0.5, 0.6) is 23.0 Å². The van der Waals surface area contributed by atoms with Gasteiger partial charge in [0.25, 0.3) is 0 Å². The van der Waals surface area contributed by atoms with Crippen molar-refractivity contribution in [3.8, 4) is 23.0 Å². The van der Waals surface area contributed by atoms with Gasteiger partial charge in [-0.3, -0.25) is 19.4 Å². The number of piperidine rings is 2. The maximum atomic E-state index is 13.5. The van der Waals surface area contributed by atoms with E-state index in [1.54, 1.807) is 14.2 Å². The summed E-state index contributed by atoms with van der Waals surface area (Å²) in [7, 11) is 7.00. The van der Waals surface area contributed by atoms with Gasteiger partial charge in [-0.15, -0.1) is 0 Å². The maximum absolute atomic E-state index is 13.5. The third-order valence-electron chi connectivity index (χ3n) is 14.6. The summed E-state index contributed by atoms with van der Waals surface area (Å²) >= 11 is 0. The van der Waals surface area contributed by atoms with Crippen LogP contribution in [0.2, 0.25) is 0 Å². The van der Waals surface area contributed by atoms with Crippen molar-refractivity contribution in [3.63, 3.8) is 0 Å². The van der Waals surface area contributed by atoms with Crippen LogP contribution in [0.4, 0.5) is 0 Å². The Balaban J connectivity index is 0.934. The second-order valence-corrected chi connectivity index (χ2v) is 15.7.